The second kappa shape index (κ2) is 4.67. The van der Waals surface area contributed by atoms with Gasteiger partial charge in [0.15, 0.2) is 0 Å². The van der Waals surface area contributed by atoms with Gasteiger partial charge in [0.25, 0.3) is 0 Å². The Hall–Kier alpha value is -0.865. The van der Waals surface area contributed by atoms with Gasteiger partial charge in [0, 0.05) is 18.2 Å². The van der Waals surface area contributed by atoms with Crippen molar-refractivity contribution in [1.82, 2.24) is 4.98 Å². The first-order chi connectivity index (χ1) is 8.34. The van der Waals surface area contributed by atoms with E-state index in [1.165, 1.54) is 5.56 Å². The molecule has 1 saturated heterocycles. The van der Waals surface area contributed by atoms with E-state index in [0.717, 1.165) is 12.1 Å². The molecule has 0 aliphatic carbocycles. The summed E-state index contributed by atoms with van der Waals surface area (Å²) < 4.78 is 11.9. The van der Waals surface area contributed by atoms with Gasteiger partial charge in [-0.15, -0.1) is 0 Å². The zero-order valence-electron chi connectivity index (χ0n) is 12.0. The molecule has 2 rings (SSSR count). The highest BCUT2D eigenvalue weighted by atomic mass is 16.7. The van der Waals surface area contributed by atoms with Gasteiger partial charge in [-0.05, 0) is 45.7 Å². The van der Waals surface area contributed by atoms with Crippen molar-refractivity contribution in [3.63, 3.8) is 0 Å². The van der Waals surface area contributed by atoms with Crippen LogP contribution in [0.3, 0.4) is 0 Å². The van der Waals surface area contributed by atoms with Crippen LogP contribution in [0.5, 0.6) is 0 Å². The molecular weight excluding hydrogens is 225 g/mol. The minimum absolute atomic E-state index is 0.199. The Morgan fingerprint density at radius 3 is 2.17 bits per heavy atom. The summed E-state index contributed by atoms with van der Waals surface area (Å²) in [7, 11) is -0.199. The molecule has 1 aliphatic rings. The molecule has 0 amide bonds. The maximum Gasteiger partial charge on any atom is 0.464 e. The van der Waals surface area contributed by atoms with Gasteiger partial charge in [-0.3, -0.25) is 4.98 Å². The fraction of sp³-hybridized carbons (Fsp3) is 0.643. The quantitative estimate of drug-likeness (QED) is 0.769. The Balaban J connectivity index is 2.03. The number of rotatable bonds is 3. The molecule has 0 unspecified atom stereocenters. The minimum Gasteiger partial charge on any atom is -0.403 e. The van der Waals surface area contributed by atoms with Crippen molar-refractivity contribution in [2.24, 2.45) is 0 Å². The zero-order valence-corrected chi connectivity index (χ0v) is 12.0. The maximum absolute atomic E-state index is 5.96. The number of nitrogens with zero attached hydrogens (tertiary/aromatic N) is 1. The summed E-state index contributed by atoms with van der Waals surface area (Å²) in [5.74, 6) is 0. The SMILES string of the molecule is CCc1ccc(CB2OC(C)(C)C(C)(C)O2)nc1. The van der Waals surface area contributed by atoms with Crippen molar-refractivity contribution in [2.45, 2.75) is 58.6 Å². The summed E-state index contributed by atoms with van der Waals surface area (Å²) in [5.41, 5.74) is 1.75. The fourth-order valence-corrected chi connectivity index (χ4v) is 2.00. The summed E-state index contributed by atoms with van der Waals surface area (Å²) in [6, 6.07) is 4.18. The third kappa shape index (κ3) is 2.60. The molecule has 0 aromatic carbocycles. The molecule has 1 aliphatic heterocycles. The van der Waals surface area contributed by atoms with Crippen LogP contribution >= 0.6 is 0 Å². The number of hydrogen-bond acceptors (Lipinski definition) is 3. The Morgan fingerprint density at radius 1 is 1.11 bits per heavy atom. The molecule has 4 heteroatoms. The van der Waals surface area contributed by atoms with Crippen molar-refractivity contribution < 1.29 is 9.31 Å². The van der Waals surface area contributed by atoms with Gasteiger partial charge in [0.2, 0.25) is 0 Å². The third-order valence-corrected chi connectivity index (χ3v) is 3.97. The highest BCUT2D eigenvalue weighted by Gasteiger charge is 2.50. The maximum atomic E-state index is 5.96. The van der Waals surface area contributed by atoms with Crippen LogP contribution < -0.4 is 0 Å². The second-order valence-electron chi connectivity index (χ2n) is 5.90. The molecule has 18 heavy (non-hydrogen) atoms. The van der Waals surface area contributed by atoms with Crippen molar-refractivity contribution in [3.05, 3.63) is 29.6 Å². The summed E-state index contributed by atoms with van der Waals surface area (Å²) >= 11 is 0. The van der Waals surface area contributed by atoms with Crippen molar-refractivity contribution >= 4 is 7.12 Å². The highest BCUT2D eigenvalue weighted by Crippen LogP contribution is 2.37. The lowest BCUT2D eigenvalue weighted by molar-refractivity contribution is 0.00578. The molecular formula is C14H22BNO2. The van der Waals surface area contributed by atoms with Crippen LogP contribution in [0.4, 0.5) is 0 Å². The summed E-state index contributed by atoms with van der Waals surface area (Å²) in [6.07, 6.45) is 3.65. The summed E-state index contributed by atoms with van der Waals surface area (Å²) in [4.78, 5) is 4.45. The van der Waals surface area contributed by atoms with Gasteiger partial charge >= 0.3 is 7.12 Å². The molecule has 0 spiro atoms. The van der Waals surface area contributed by atoms with E-state index >= 15 is 0 Å². The van der Waals surface area contributed by atoms with Crippen LogP contribution in [0, 0.1) is 0 Å². The molecule has 1 aromatic heterocycles. The summed E-state index contributed by atoms with van der Waals surface area (Å²) in [5, 5.41) is 0. The first kappa shape index (κ1) is 13.6. The topological polar surface area (TPSA) is 31.4 Å². The largest absolute Gasteiger partial charge is 0.464 e. The molecule has 3 nitrogen and oxygen atoms in total. The third-order valence-electron chi connectivity index (χ3n) is 3.97. The standard InChI is InChI=1S/C14H22BNO2/c1-6-11-7-8-12(16-10-11)9-15-17-13(2,3)14(4,5)18-15/h7-8,10H,6,9H2,1-5H3. The second-order valence-corrected chi connectivity index (χ2v) is 5.90. The lowest BCUT2D eigenvalue weighted by Crippen LogP contribution is -2.41. The van der Waals surface area contributed by atoms with Gasteiger partial charge in [0.1, 0.15) is 0 Å². The van der Waals surface area contributed by atoms with Crippen LogP contribution in [0.15, 0.2) is 18.3 Å². The zero-order chi connectivity index (χ0) is 13.4. The van der Waals surface area contributed by atoms with Crippen LogP contribution in [0.1, 0.15) is 45.9 Å². The van der Waals surface area contributed by atoms with Crippen LogP contribution in [-0.2, 0) is 22.0 Å². The van der Waals surface area contributed by atoms with Crippen LogP contribution in [0.2, 0.25) is 0 Å². The van der Waals surface area contributed by atoms with Crippen LogP contribution in [-0.4, -0.2) is 23.3 Å². The average Bonchev–Trinajstić information content (AvgIpc) is 2.48. The molecule has 0 saturated carbocycles. The smallest absolute Gasteiger partial charge is 0.403 e. The predicted octanol–water partition coefficient (Wildman–Crippen LogP) is 2.82. The number of aryl methyl sites for hydroxylation is 1. The lowest BCUT2D eigenvalue weighted by Gasteiger charge is -2.32. The Morgan fingerprint density at radius 2 is 1.72 bits per heavy atom. The predicted molar refractivity (Wildman–Crippen MR) is 73.4 cm³/mol. The lowest BCUT2D eigenvalue weighted by atomic mass is 9.83. The molecule has 2 heterocycles. The molecule has 0 radical (unpaired) electrons. The van der Waals surface area contributed by atoms with Gasteiger partial charge in [0.05, 0.1) is 11.2 Å². The van der Waals surface area contributed by atoms with Crippen molar-refractivity contribution in [3.8, 4) is 0 Å². The van der Waals surface area contributed by atoms with E-state index in [1.54, 1.807) is 0 Å². The van der Waals surface area contributed by atoms with Gasteiger partial charge in [-0.2, -0.15) is 0 Å². The molecule has 98 valence electrons. The van der Waals surface area contributed by atoms with Gasteiger partial charge < -0.3 is 9.31 Å². The normalized spacial score (nSPS) is 21.3. The molecule has 0 atom stereocenters. The van der Waals surface area contributed by atoms with Crippen LogP contribution in [0.25, 0.3) is 0 Å². The van der Waals surface area contributed by atoms with Gasteiger partial charge in [-0.25, -0.2) is 0 Å². The van der Waals surface area contributed by atoms with E-state index in [9.17, 15) is 0 Å². The first-order valence-electron chi connectivity index (χ1n) is 6.63. The van der Waals surface area contributed by atoms with Gasteiger partial charge in [-0.1, -0.05) is 13.0 Å². The fourth-order valence-electron chi connectivity index (χ4n) is 2.00. The van der Waals surface area contributed by atoms with E-state index in [1.807, 2.05) is 6.20 Å². The number of aromatic nitrogens is 1. The van der Waals surface area contributed by atoms with E-state index in [0.29, 0.717) is 6.32 Å². The number of hydrogen-bond donors (Lipinski definition) is 0. The Labute approximate surface area is 110 Å². The van der Waals surface area contributed by atoms with E-state index in [2.05, 4.69) is 51.7 Å². The average molecular weight is 247 g/mol. The Bertz CT molecular complexity index is 398. The van der Waals surface area contributed by atoms with E-state index < -0.39 is 0 Å². The van der Waals surface area contributed by atoms with Crippen molar-refractivity contribution in [2.75, 3.05) is 0 Å². The molecule has 0 N–H and O–H groups in total. The van der Waals surface area contributed by atoms with Crippen molar-refractivity contribution in [1.29, 1.82) is 0 Å². The number of pyridine rings is 1. The molecule has 0 bridgehead atoms. The molecule has 1 fully saturated rings. The first-order valence-corrected chi connectivity index (χ1v) is 6.63. The highest BCUT2D eigenvalue weighted by molar-refractivity contribution is 6.44. The Kier molecular flexibility index (Phi) is 3.52. The monoisotopic (exact) mass is 247 g/mol. The van der Waals surface area contributed by atoms with E-state index in [-0.39, 0.29) is 18.3 Å². The molecule has 1 aromatic rings. The summed E-state index contributed by atoms with van der Waals surface area (Å²) in [6.45, 7) is 10.4. The minimum atomic E-state index is -0.263. The van der Waals surface area contributed by atoms with E-state index in [4.69, 9.17) is 9.31 Å².